The van der Waals surface area contributed by atoms with Gasteiger partial charge in [0.1, 0.15) is 12.1 Å². The molecule has 0 aliphatic rings. The zero-order valence-electron chi connectivity index (χ0n) is 13.0. The van der Waals surface area contributed by atoms with Gasteiger partial charge in [-0.1, -0.05) is 18.2 Å². The van der Waals surface area contributed by atoms with Crippen molar-refractivity contribution in [2.75, 3.05) is 5.32 Å². The number of aromatic carboxylic acids is 1. The fourth-order valence-corrected chi connectivity index (χ4v) is 2.21. The van der Waals surface area contributed by atoms with Crippen LogP contribution < -0.4 is 5.32 Å². The van der Waals surface area contributed by atoms with Gasteiger partial charge in [0.05, 0.1) is 12.1 Å². The lowest BCUT2D eigenvalue weighted by atomic mass is 10.2. The lowest BCUT2D eigenvalue weighted by Crippen LogP contribution is -2.16. The quantitative estimate of drug-likeness (QED) is 0.717. The molecular formula is C15H13FN6O3. The summed E-state index contributed by atoms with van der Waals surface area (Å²) in [7, 11) is 1.50. The van der Waals surface area contributed by atoms with Gasteiger partial charge in [0.2, 0.25) is 5.95 Å². The molecule has 0 saturated carbocycles. The third kappa shape index (κ3) is 3.52. The predicted molar refractivity (Wildman–Crippen MR) is 83.6 cm³/mol. The zero-order chi connectivity index (χ0) is 18.0. The maximum Gasteiger partial charge on any atom is 0.357 e. The van der Waals surface area contributed by atoms with E-state index >= 15 is 0 Å². The van der Waals surface area contributed by atoms with E-state index in [1.807, 2.05) is 0 Å². The van der Waals surface area contributed by atoms with Crippen LogP contribution in [-0.4, -0.2) is 41.5 Å². The Hall–Kier alpha value is -3.56. The molecule has 1 aromatic carbocycles. The molecule has 0 saturated heterocycles. The minimum atomic E-state index is -1.32. The number of hydrogen-bond acceptors (Lipinski definition) is 5. The Morgan fingerprint density at radius 1 is 1.28 bits per heavy atom. The van der Waals surface area contributed by atoms with Crippen molar-refractivity contribution in [3.8, 4) is 0 Å². The molecule has 2 heterocycles. The highest BCUT2D eigenvalue weighted by Crippen LogP contribution is 2.11. The van der Waals surface area contributed by atoms with Gasteiger partial charge in [0.15, 0.2) is 5.69 Å². The normalized spacial score (nSPS) is 10.6. The fourth-order valence-electron chi connectivity index (χ4n) is 2.21. The number of aromatic nitrogens is 5. The Labute approximate surface area is 140 Å². The SMILES string of the molecule is Cn1cc(C(=O)Nc2ncn(Cc3ccccc3F)n2)c(C(=O)O)n1. The topological polar surface area (TPSA) is 115 Å². The first-order valence-corrected chi connectivity index (χ1v) is 7.15. The van der Waals surface area contributed by atoms with Crippen molar-refractivity contribution in [2.45, 2.75) is 6.54 Å². The summed E-state index contributed by atoms with van der Waals surface area (Å²) in [5.74, 6) is -2.41. The van der Waals surface area contributed by atoms with E-state index in [9.17, 15) is 14.0 Å². The van der Waals surface area contributed by atoms with Gasteiger partial charge in [0.25, 0.3) is 5.91 Å². The van der Waals surface area contributed by atoms with Crippen LogP contribution in [0.3, 0.4) is 0 Å². The average Bonchev–Trinajstić information content (AvgIpc) is 3.16. The number of carboxylic acid groups (broad SMARTS) is 1. The minimum absolute atomic E-state index is 0.0264. The summed E-state index contributed by atoms with van der Waals surface area (Å²) in [6, 6.07) is 6.24. The second-order valence-corrected chi connectivity index (χ2v) is 5.18. The van der Waals surface area contributed by atoms with Crippen LogP contribution in [0.15, 0.2) is 36.8 Å². The summed E-state index contributed by atoms with van der Waals surface area (Å²) in [6.45, 7) is 0.142. The van der Waals surface area contributed by atoms with Crippen molar-refractivity contribution in [1.82, 2.24) is 24.5 Å². The Bertz CT molecular complexity index is 948. The zero-order valence-corrected chi connectivity index (χ0v) is 13.0. The van der Waals surface area contributed by atoms with Gasteiger partial charge >= 0.3 is 5.97 Å². The average molecular weight is 344 g/mol. The molecule has 10 heteroatoms. The van der Waals surface area contributed by atoms with E-state index in [4.69, 9.17) is 5.11 Å². The number of benzene rings is 1. The van der Waals surface area contributed by atoms with E-state index in [1.165, 1.54) is 35.0 Å². The van der Waals surface area contributed by atoms with Gasteiger partial charge < -0.3 is 5.11 Å². The first-order chi connectivity index (χ1) is 11.9. The van der Waals surface area contributed by atoms with Crippen molar-refractivity contribution < 1.29 is 19.1 Å². The number of carbonyl (C=O) groups is 2. The molecule has 0 radical (unpaired) electrons. The Kier molecular flexibility index (Phi) is 4.25. The molecule has 0 spiro atoms. The summed E-state index contributed by atoms with van der Waals surface area (Å²) < 4.78 is 16.2. The van der Waals surface area contributed by atoms with Crippen molar-refractivity contribution in [3.05, 3.63) is 59.4 Å². The largest absolute Gasteiger partial charge is 0.476 e. The molecule has 1 amide bonds. The highest BCUT2D eigenvalue weighted by molar-refractivity contribution is 6.09. The number of amides is 1. The molecule has 0 unspecified atom stereocenters. The minimum Gasteiger partial charge on any atom is -0.476 e. The van der Waals surface area contributed by atoms with E-state index < -0.39 is 11.9 Å². The maximum atomic E-state index is 13.6. The highest BCUT2D eigenvalue weighted by Gasteiger charge is 2.21. The van der Waals surface area contributed by atoms with Crippen molar-refractivity contribution in [1.29, 1.82) is 0 Å². The summed E-state index contributed by atoms with van der Waals surface area (Å²) >= 11 is 0. The molecule has 0 fully saturated rings. The second-order valence-electron chi connectivity index (χ2n) is 5.18. The van der Waals surface area contributed by atoms with Crippen LogP contribution in [-0.2, 0) is 13.6 Å². The lowest BCUT2D eigenvalue weighted by molar-refractivity contribution is 0.0685. The third-order valence-electron chi connectivity index (χ3n) is 3.33. The van der Waals surface area contributed by atoms with Crippen LogP contribution in [0, 0.1) is 5.82 Å². The molecule has 25 heavy (non-hydrogen) atoms. The maximum absolute atomic E-state index is 13.6. The second kappa shape index (κ2) is 6.51. The number of carboxylic acids is 1. The number of anilines is 1. The van der Waals surface area contributed by atoms with Crippen LogP contribution in [0.5, 0.6) is 0 Å². The molecule has 3 rings (SSSR count). The van der Waals surface area contributed by atoms with E-state index in [0.29, 0.717) is 5.56 Å². The van der Waals surface area contributed by atoms with Gasteiger partial charge in [-0.15, -0.1) is 5.10 Å². The first kappa shape index (κ1) is 16.3. The Balaban J connectivity index is 1.74. The molecular weight excluding hydrogens is 331 g/mol. The van der Waals surface area contributed by atoms with E-state index in [2.05, 4.69) is 20.5 Å². The Morgan fingerprint density at radius 3 is 2.76 bits per heavy atom. The molecule has 0 atom stereocenters. The van der Waals surface area contributed by atoms with Crippen molar-refractivity contribution >= 4 is 17.8 Å². The molecule has 3 aromatic rings. The smallest absolute Gasteiger partial charge is 0.357 e. The molecule has 0 aliphatic carbocycles. The number of aryl methyl sites for hydroxylation is 1. The molecule has 0 aliphatic heterocycles. The highest BCUT2D eigenvalue weighted by atomic mass is 19.1. The van der Waals surface area contributed by atoms with E-state index in [1.54, 1.807) is 18.2 Å². The van der Waals surface area contributed by atoms with Crippen LogP contribution >= 0.6 is 0 Å². The lowest BCUT2D eigenvalue weighted by Gasteiger charge is -2.02. The monoisotopic (exact) mass is 344 g/mol. The van der Waals surface area contributed by atoms with Crippen LogP contribution in [0.2, 0.25) is 0 Å². The van der Waals surface area contributed by atoms with Crippen molar-refractivity contribution in [3.63, 3.8) is 0 Å². The van der Waals surface area contributed by atoms with Gasteiger partial charge in [-0.25, -0.2) is 18.9 Å². The van der Waals surface area contributed by atoms with Gasteiger partial charge in [-0.05, 0) is 6.07 Å². The molecule has 2 N–H and O–H groups in total. The summed E-state index contributed by atoms with van der Waals surface area (Å²) in [6.07, 6.45) is 2.62. The number of nitrogens with one attached hydrogen (secondary N) is 1. The first-order valence-electron chi connectivity index (χ1n) is 7.15. The number of nitrogens with zero attached hydrogens (tertiary/aromatic N) is 5. The summed E-state index contributed by atoms with van der Waals surface area (Å²) in [4.78, 5) is 27.2. The molecule has 0 bridgehead atoms. The standard InChI is InChI=1S/C15H13FN6O3/c1-21-7-10(12(19-21)14(24)25)13(23)18-15-17-8-22(20-15)6-9-4-2-3-5-11(9)16/h2-5,7-8H,6H2,1H3,(H,24,25)(H,18,20,23). The third-order valence-corrected chi connectivity index (χ3v) is 3.33. The Morgan fingerprint density at radius 2 is 2.04 bits per heavy atom. The van der Waals surface area contributed by atoms with Crippen LogP contribution in [0.25, 0.3) is 0 Å². The van der Waals surface area contributed by atoms with Crippen molar-refractivity contribution in [2.24, 2.45) is 7.05 Å². The molecule has 128 valence electrons. The van der Waals surface area contributed by atoms with E-state index in [-0.39, 0.29) is 29.6 Å². The van der Waals surface area contributed by atoms with Gasteiger partial charge in [0, 0.05) is 18.8 Å². The number of halogens is 1. The predicted octanol–water partition coefficient (Wildman–Crippen LogP) is 1.15. The van der Waals surface area contributed by atoms with Gasteiger partial charge in [-0.3, -0.25) is 14.8 Å². The molecule has 2 aromatic heterocycles. The van der Waals surface area contributed by atoms with Crippen LogP contribution in [0.4, 0.5) is 10.3 Å². The number of hydrogen-bond donors (Lipinski definition) is 2. The fraction of sp³-hybridized carbons (Fsp3) is 0.133. The molecule has 9 nitrogen and oxygen atoms in total. The summed E-state index contributed by atoms with van der Waals surface area (Å²) in [5.41, 5.74) is -0.0584. The van der Waals surface area contributed by atoms with E-state index in [0.717, 1.165) is 0 Å². The number of rotatable bonds is 5. The summed E-state index contributed by atoms with van der Waals surface area (Å²) in [5, 5.41) is 19.2. The van der Waals surface area contributed by atoms with Gasteiger partial charge in [-0.2, -0.15) is 5.10 Å². The number of carbonyl (C=O) groups excluding carboxylic acids is 1. The van der Waals surface area contributed by atoms with Crippen LogP contribution in [0.1, 0.15) is 26.4 Å².